The largest absolute Gasteiger partial charge is 0.493 e. The fraction of sp³-hybridized carbons (Fsp3) is 0.346. The maximum Gasteiger partial charge on any atom is 0.260 e. The quantitative estimate of drug-likeness (QED) is 0.425. The number of benzene rings is 1. The monoisotopic (exact) mass is 502 g/mol. The van der Waals surface area contributed by atoms with Gasteiger partial charge in [0.25, 0.3) is 5.91 Å². The van der Waals surface area contributed by atoms with Crippen LogP contribution >= 0.6 is 0 Å². The second-order valence-electron chi connectivity index (χ2n) is 9.71. The number of halogens is 1. The second kappa shape index (κ2) is 9.40. The zero-order valence-electron chi connectivity index (χ0n) is 20.7. The summed E-state index contributed by atoms with van der Waals surface area (Å²) in [5.74, 6) is 0.496. The Balaban J connectivity index is 1.42. The fourth-order valence-electron chi connectivity index (χ4n) is 4.85. The Morgan fingerprint density at radius 2 is 2.05 bits per heavy atom. The molecular weight excluding hydrogens is 475 g/mol. The van der Waals surface area contributed by atoms with Crippen LogP contribution in [-0.4, -0.2) is 60.5 Å². The number of nitrogens with one attached hydrogen (secondary N) is 1. The number of likely N-dealkylation sites (N-methyl/N-ethyl adjacent to an activating group) is 1. The number of fused-ring (bicyclic) bond motifs is 6. The second-order valence-corrected chi connectivity index (χ2v) is 9.71. The van der Waals surface area contributed by atoms with Gasteiger partial charge >= 0.3 is 0 Å². The van der Waals surface area contributed by atoms with Crippen molar-refractivity contribution in [2.75, 3.05) is 25.5 Å². The third-order valence-electron chi connectivity index (χ3n) is 6.88. The zero-order chi connectivity index (χ0) is 25.5. The van der Waals surface area contributed by atoms with Gasteiger partial charge in [0.2, 0.25) is 0 Å². The SMILES string of the molecule is CC1CCOc2cc(F)c(-c3cnn4c3CN(C)CC4)cc2C(=O)Nc2cccc(n2)-c2nncn2C1. The van der Waals surface area contributed by atoms with E-state index < -0.39 is 11.7 Å². The molecule has 2 aliphatic heterocycles. The summed E-state index contributed by atoms with van der Waals surface area (Å²) >= 11 is 0. The summed E-state index contributed by atoms with van der Waals surface area (Å²) in [6.07, 6.45) is 4.04. The first-order chi connectivity index (χ1) is 18.0. The fourth-order valence-corrected chi connectivity index (χ4v) is 4.85. The highest BCUT2D eigenvalue weighted by molar-refractivity contribution is 6.06. The zero-order valence-corrected chi connectivity index (χ0v) is 20.7. The van der Waals surface area contributed by atoms with E-state index >= 15 is 4.39 Å². The van der Waals surface area contributed by atoms with Gasteiger partial charge in [-0.05, 0) is 37.6 Å². The molecule has 2 aliphatic rings. The summed E-state index contributed by atoms with van der Waals surface area (Å²) in [6.45, 7) is 5.35. The molecule has 0 spiro atoms. The van der Waals surface area contributed by atoms with Crippen LogP contribution in [-0.2, 0) is 19.6 Å². The van der Waals surface area contributed by atoms with Gasteiger partial charge in [-0.15, -0.1) is 10.2 Å². The number of ether oxygens (including phenoxy) is 1. The van der Waals surface area contributed by atoms with Crippen LogP contribution in [0.15, 0.2) is 42.9 Å². The molecule has 0 saturated carbocycles. The van der Waals surface area contributed by atoms with E-state index in [-0.39, 0.29) is 17.2 Å². The predicted octanol–water partition coefficient (Wildman–Crippen LogP) is 3.46. The molecule has 5 heterocycles. The van der Waals surface area contributed by atoms with Gasteiger partial charge < -0.3 is 14.6 Å². The van der Waals surface area contributed by atoms with Gasteiger partial charge in [0.15, 0.2) is 5.82 Å². The summed E-state index contributed by atoms with van der Waals surface area (Å²) < 4.78 is 25.3. The number of anilines is 1. The summed E-state index contributed by atoms with van der Waals surface area (Å²) in [7, 11) is 2.02. The van der Waals surface area contributed by atoms with Crippen molar-refractivity contribution in [3.05, 3.63) is 59.9 Å². The molecule has 6 rings (SSSR count). The first-order valence-corrected chi connectivity index (χ1v) is 12.3. The Hall–Kier alpha value is -4.12. The van der Waals surface area contributed by atoms with Crippen molar-refractivity contribution >= 4 is 11.7 Å². The molecule has 1 amide bonds. The van der Waals surface area contributed by atoms with Crippen LogP contribution in [0, 0.1) is 11.7 Å². The summed E-state index contributed by atoms with van der Waals surface area (Å²) in [5.41, 5.74) is 2.75. The van der Waals surface area contributed by atoms with E-state index in [0.29, 0.717) is 54.6 Å². The van der Waals surface area contributed by atoms with Crippen LogP contribution < -0.4 is 10.1 Å². The molecule has 4 aromatic rings. The molecule has 1 atom stereocenters. The van der Waals surface area contributed by atoms with E-state index in [4.69, 9.17) is 4.74 Å². The molecular formula is C26H27FN8O2. The van der Waals surface area contributed by atoms with Gasteiger partial charge in [0, 0.05) is 36.8 Å². The van der Waals surface area contributed by atoms with Crippen LogP contribution in [0.5, 0.6) is 5.75 Å². The van der Waals surface area contributed by atoms with E-state index in [1.165, 1.54) is 6.07 Å². The van der Waals surface area contributed by atoms with Crippen molar-refractivity contribution in [3.63, 3.8) is 0 Å². The predicted molar refractivity (Wildman–Crippen MR) is 134 cm³/mol. The average molecular weight is 503 g/mol. The minimum Gasteiger partial charge on any atom is -0.493 e. The molecule has 0 aliphatic carbocycles. The standard InChI is InChI=1S/C26H27FN8O2/c1-16-6-9-37-23-11-20(27)17(19-12-29-35-8-7-33(2)14-22(19)35)10-18(23)26(36)31-24-5-3-4-21(30-24)25-32-28-15-34(25)13-16/h3-5,10-12,15-16H,6-9,13-14H2,1-2H3,(H,30,31,36). The minimum atomic E-state index is -0.459. The highest BCUT2D eigenvalue weighted by Crippen LogP contribution is 2.34. The third-order valence-corrected chi connectivity index (χ3v) is 6.88. The molecule has 0 saturated heterocycles. The number of carbonyl (C=O) groups is 1. The number of pyridine rings is 1. The number of carbonyl (C=O) groups excluding carboxylic acids is 1. The van der Waals surface area contributed by atoms with Gasteiger partial charge in [0.1, 0.15) is 29.4 Å². The van der Waals surface area contributed by atoms with E-state index in [2.05, 4.69) is 37.4 Å². The molecule has 11 heteroatoms. The lowest BCUT2D eigenvalue weighted by Gasteiger charge is -2.24. The van der Waals surface area contributed by atoms with Gasteiger partial charge in [-0.25, -0.2) is 9.37 Å². The Morgan fingerprint density at radius 1 is 1.16 bits per heavy atom. The van der Waals surface area contributed by atoms with Crippen molar-refractivity contribution in [3.8, 4) is 28.4 Å². The number of amides is 1. The summed E-state index contributed by atoms with van der Waals surface area (Å²) in [6, 6.07) is 8.19. The van der Waals surface area contributed by atoms with E-state index in [0.717, 1.165) is 18.8 Å². The van der Waals surface area contributed by atoms with Crippen LogP contribution in [0.25, 0.3) is 22.6 Å². The number of aromatic nitrogens is 6. The maximum absolute atomic E-state index is 15.5. The van der Waals surface area contributed by atoms with Gasteiger partial charge in [-0.3, -0.25) is 14.4 Å². The smallest absolute Gasteiger partial charge is 0.260 e. The lowest BCUT2D eigenvalue weighted by atomic mass is 10.0. The van der Waals surface area contributed by atoms with Crippen molar-refractivity contribution < 1.29 is 13.9 Å². The lowest BCUT2D eigenvalue weighted by molar-refractivity contribution is 0.102. The molecule has 190 valence electrons. The van der Waals surface area contributed by atoms with Crippen molar-refractivity contribution in [2.24, 2.45) is 5.92 Å². The van der Waals surface area contributed by atoms with Crippen LogP contribution in [0.2, 0.25) is 0 Å². The summed E-state index contributed by atoms with van der Waals surface area (Å²) in [4.78, 5) is 20.2. The third kappa shape index (κ3) is 4.46. The Morgan fingerprint density at radius 3 is 2.95 bits per heavy atom. The van der Waals surface area contributed by atoms with Crippen molar-refractivity contribution in [1.29, 1.82) is 0 Å². The lowest BCUT2D eigenvalue weighted by Crippen LogP contribution is -2.30. The van der Waals surface area contributed by atoms with E-state index in [9.17, 15) is 4.79 Å². The molecule has 10 nitrogen and oxygen atoms in total. The molecule has 1 aromatic carbocycles. The van der Waals surface area contributed by atoms with Gasteiger partial charge in [0.05, 0.1) is 30.6 Å². The van der Waals surface area contributed by atoms with E-state index in [1.54, 1.807) is 30.7 Å². The Labute approximate surface area is 213 Å². The number of nitrogens with zero attached hydrogens (tertiary/aromatic N) is 7. The minimum absolute atomic E-state index is 0.197. The topological polar surface area (TPSA) is 103 Å². The normalized spacial score (nSPS) is 18.1. The number of hydrogen-bond acceptors (Lipinski definition) is 7. The Bertz CT molecular complexity index is 1480. The van der Waals surface area contributed by atoms with Crippen LogP contribution in [0.3, 0.4) is 0 Å². The highest BCUT2D eigenvalue weighted by Gasteiger charge is 2.25. The molecule has 0 radical (unpaired) electrons. The van der Waals surface area contributed by atoms with E-state index in [1.807, 2.05) is 22.4 Å². The maximum atomic E-state index is 15.5. The first kappa shape index (κ1) is 23.3. The molecule has 37 heavy (non-hydrogen) atoms. The van der Waals surface area contributed by atoms with Gasteiger partial charge in [-0.2, -0.15) is 5.10 Å². The van der Waals surface area contributed by atoms with Gasteiger partial charge in [-0.1, -0.05) is 13.0 Å². The van der Waals surface area contributed by atoms with Crippen LogP contribution in [0.1, 0.15) is 29.4 Å². The van der Waals surface area contributed by atoms with Crippen LogP contribution in [0.4, 0.5) is 10.2 Å². The Kier molecular flexibility index (Phi) is 5.91. The number of hydrogen-bond donors (Lipinski definition) is 1. The molecule has 1 unspecified atom stereocenters. The van der Waals surface area contributed by atoms with Crippen molar-refractivity contribution in [2.45, 2.75) is 33.0 Å². The molecule has 2 bridgehead atoms. The van der Waals surface area contributed by atoms with Crippen molar-refractivity contribution in [1.82, 2.24) is 34.4 Å². The average Bonchev–Trinajstić information content (AvgIpc) is 3.50. The summed E-state index contributed by atoms with van der Waals surface area (Å²) in [5, 5.41) is 15.6. The molecule has 1 N–H and O–H groups in total. The highest BCUT2D eigenvalue weighted by atomic mass is 19.1. The number of rotatable bonds is 1. The first-order valence-electron chi connectivity index (χ1n) is 12.3. The molecule has 3 aromatic heterocycles. The molecule has 0 fully saturated rings.